The fourth-order valence-corrected chi connectivity index (χ4v) is 2.27. The summed E-state index contributed by atoms with van der Waals surface area (Å²) >= 11 is 5.26. The Morgan fingerprint density at radius 1 is 1.47 bits per heavy atom. The zero-order chi connectivity index (χ0) is 13.0. The third-order valence-corrected chi connectivity index (χ3v) is 3.42. The van der Waals surface area contributed by atoms with E-state index in [-0.39, 0.29) is 16.6 Å². The van der Waals surface area contributed by atoms with Gasteiger partial charge in [0.1, 0.15) is 0 Å². The average molecular weight is 411 g/mol. The Balaban J connectivity index is 3.02. The second-order valence-corrected chi connectivity index (χ2v) is 5.93. The fourth-order valence-electron chi connectivity index (χ4n) is 1.27. The largest absolute Gasteiger partial charge is 0.462 e. The first-order valence-electron chi connectivity index (χ1n) is 5.12. The van der Waals surface area contributed by atoms with Crippen LogP contribution in [-0.4, -0.2) is 23.2 Å². The van der Waals surface area contributed by atoms with Crippen LogP contribution >= 0.6 is 38.5 Å². The SMILES string of the molecule is CCOC(=O)c1ccc(C(=O)C(C)Br)cc1I. The molecule has 0 spiro atoms. The summed E-state index contributed by atoms with van der Waals surface area (Å²) in [5, 5.41) is 0. The molecule has 0 aliphatic rings. The van der Waals surface area contributed by atoms with Crippen molar-refractivity contribution in [3.05, 3.63) is 32.9 Å². The van der Waals surface area contributed by atoms with Gasteiger partial charge in [-0.25, -0.2) is 4.79 Å². The van der Waals surface area contributed by atoms with Gasteiger partial charge in [0.25, 0.3) is 0 Å². The number of hydrogen-bond acceptors (Lipinski definition) is 3. The van der Waals surface area contributed by atoms with E-state index in [4.69, 9.17) is 4.74 Å². The highest BCUT2D eigenvalue weighted by Crippen LogP contribution is 2.18. The number of Topliss-reactive ketones (excluding diaryl/α,β-unsaturated/α-hetero) is 1. The molecule has 1 aromatic carbocycles. The summed E-state index contributed by atoms with van der Waals surface area (Å²) in [4.78, 5) is 23.1. The molecule has 1 aromatic rings. The summed E-state index contributed by atoms with van der Waals surface area (Å²) in [6.07, 6.45) is 0. The predicted octanol–water partition coefficient (Wildman–Crippen LogP) is 3.43. The summed E-state index contributed by atoms with van der Waals surface area (Å²) in [5.74, 6) is -0.360. The summed E-state index contributed by atoms with van der Waals surface area (Å²) in [6, 6.07) is 4.98. The number of alkyl halides is 1. The molecule has 0 saturated carbocycles. The van der Waals surface area contributed by atoms with E-state index in [1.54, 1.807) is 32.0 Å². The number of carbonyl (C=O) groups is 2. The Kier molecular flexibility index (Phi) is 5.58. The van der Waals surface area contributed by atoms with E-state index in [1.807, 2.05) is 22.6 Å². The van der Waals surface area contributed by atoms with Crippen LogP contribution in [0.2, 0.25) is 0 Å². The molecule has 17 heavy (non-hydrogen) atoms. The number of ether oxygens (including phenoxy) is 1. The third-order valence-electron chi connectivity index (χ3n) is 2.11. The summed E-state index contributed by atoms with van der Waals surface area (Å²) < 4.78 is 5.64. The molecule has 0 fully saturated rings. The molecule has 3 nitrogen and oxygen atoms in total. The van der Waals surface area contributed by atoms with Gasteiger partial charge in [-0.1, -0.05) is 22.0 Å². The minimum absolute atomic E-state index is 0.00155. The fraction of sp³-hybridized carbons (Fsp3) is 0.333. The van der Waals surface area contributed by atoms with Gasteiger partial charge in [-0.2, -0.15) is 0 Å². The molecular formula is C12H12BrIO3. The quantitative estimate of drug-likeness (QED) is 0.330. The topological polar surface area (TPSA) is 43.4 Å². The molecular weight excluding hydrogens is 399 g/mol. The molecule has 0 aliphatic carbocycles. The van der Waals surface area contributed by atoms with Gasteiger partial charge in [-0.15, -0.1) is 0 Å². The van der Waals surface area contributed by atoms with E-state index in [9.17, 15) is 9.59 Å². The van der Waals surface area contributed by atoms with Crippen LogP contribution in [0.3, 0.4) is 0 Å². The van der Waals surface area contributed by atoms with Crippen molar-refractivity contribution in [1.29, 1.82) is 0 Å². The van der Waals surface area contributed by atoms with Crippen molar-refractivity contribution in [2.24, 2.45) is 0 Å². The van der Waals surface area contributed by atoms with Gasteiger partial charge < -0.3 is 4.74 Å². The number of rotatable bonds is 4. The van der Waals surface area contributed by atoms with Gasteiger partial charge in [-0.05, 0) is 48.6 Å². The number of benzene rings is 1. The van der Waals surface area contributed by atoms with Gasteiger partial charge in [0.2, 0.25) is 0 Å². The highest BCUT2D eigenvalue weighted by atomic mass is 127. The van der Waals surface area contributed by atoms with Crippen LogP contribution in [0, 0.1) is 3.57 Å². The van der Waals surface area contributed by atoms with Crippen molar-refractivity contribution in [1.82, 2.24) is 0 Å². The lowest BCUT2D eigenvalue weighted by Crippen LogP contribution is -2.12. The van der Waals surface area contributed by atoms with E-state index < -0.39 is 0 Å². The molecule has 0 radical (unpaired) electrons. The predicted molar refractivity (Wildman–Crippen MR) is 77.8 cm³/mol. The molecule has 0 amide bonds. The molecule has 0 aliphatic heterocycles. The Bertz CT molecular complexity index is 443. The van der Waals surface area contributed by atoms with Crippen molar-refractivity contribution in [2.75, 3.05) is 6.61 Å². The van der Waals surface area contributed by atoms with Crippen LogP contribution < -0.4 is 0 Å². The second kappa shape index (κ2) is 6.49. The molecule has 1 atom stereocenters. The van der Waals surface area contributed by atoms with E-state index >= 15 is 0 Å². The summed E-state index contributed by atoms with van der Waals surface area (Å²) in [5.41, 5.74) is 1.08. The third kappa shape index (κ3) is 3.77. The summed E-state index contributed by atoms with van der Waals surface area (Å²) in [7, 11) is 0. The van der Waals surface area contributed by atoms with Crippen molar-refractivity contribution in [3.63, 3.8) is 0 Å². The van der Waals surface area contributed by atoms with Crippen LogP contribution in [-0.2, 0) is 4.74 Å². The molecule has 0 aromatic heterocycles. The zero-order valence-electron chi connectivity index (χ0n) is 9.50. The van der Waals surface area contributed by atoms with Gasteiger partial charge >= 0.3 is 5.97 Å². The van der Waals surface area contributed by atoms with Crippen molar-refractivity contribution in [2.45, 2.75) is 18.7 Å². The maximum absolute atomic E-state index is 11.7. The number of halogens is 2. The van der Waals surface area contributed by atoms with E-state index in [2.05, 4.69) is 15.9 Å². The van der Waals surface area contributed by atoms with Gasteiger partial charge in [-0.3, -0.25) is 4.79 Å². The monoisotopic (exact) mass is 410 g/mol. The lowest BCUT2D eigenvalue weighted by Gasteiger charge is -2.07. The maximum Gasteiger partial charge on any atom is 0.339 e. The van der Waals surface area contributed by atoms with E-state index in [0.29, 0.717) is 17.7 Å². The number of ketones is 1. The van der Waals surface area contributed by atoms with Crippen molar-refractivity contribution >= 4 is 50.3 Å². The zero-order valence-corrected chi connectivity index (χ0v) is 13.2. The molecule has 0 saturated heterocycles. The average Bonchev–Trinajstić information content (AvgIpc) is 2.27. The maximum atomic E-state index is 11.7. The first-order chi connectivity index (χ1) is 7.97. The number of hydrogen-bond donors (Lipinski definition) is 0. The van der Waals surface area contributed by atoms with E-state index in [1.165, 1.54) is 0 Å². The first-order valence-corrected chi connectivity index (χ1v) is 7.11. The van der Waals surface area contributed by atoms with Crippen LogP contribution in [0.25, 0.3) is 0 Å². The summed E-state index contributed by atoms with van der Waals surface area (Å²) in [6.45, 7) is 3.87. The van der Waals surface area contributed by atoms with Crippen LogP contribution in [0.5, 0.6) is 0 Å². The van der Waals surface area contributed by atoms with Crippen LogP contribution in [0.1, 0.15) is 34.6 Å². The minimum atomic E-state index is -0.359. The smallest absolute Gasteiger partial charge is 0.339 e. The molecule has 0 bridgehead atoms. The Labute approximate surface area is 122 Å². The lowest BCUT2D eigenvalue weighted by atomic mass is 10.1. The Morgan fingerprint density at radius 2 is 2.12 bits per heavy atom. The van der Waals surface area contributed by atoms with Crippen molar-refractivity contribution in [3.8, 4) is 0 Å². The normalized spacial score (nSPS) is 12.0. The van der Waals surface area contributed by atoms with Crippen molar-refractivity contribution < 1.29 is 14.3 Å². The molecule has 5 heteroatoms. The van der Waals surface area contributed by atoms with E-state index in [0.717, 1.165) is 3.57 Å². The van der Waals surface area contributed by atoms with Crippen LogP contribution in [0.15, 0.2) is 18.2 Å². The highest BCUT2D eigenvalue weighted by molar-refractivity contribution is 14.1. The van der Waals surface area contributed by atoms with Gasteiger partial charge in [0, 0.05) is 9.13 Å². The molecule has 1 unspecified atom stereocenters. The number of carbonyl (C=O) groups excluding carboxylic acids is 2. The highest BCUT2D eigenvalue weighted by Gasteiger charge is 2.16. The Morgan fingerprint density at radius 3 is 2.59 bits per heavy atom. The van der Waals surface area contributed by atoms with Gasteiger partial charge in [0.15, 0.2) is 5.78 Å². The lowest BCUT2D eigenvalue weighted by molar-refractivity contribution is 0.0525. The second-order valence-electron chi connectivity index (χ2n) is 3.40. The number of esters is 1. The minimum Gasteiger partial charge on any atom is -0.462 e. The van der Waals surface area contributed by atoms with Crippen LogP contribution in [0.4, 0.5) is 0 Å². The molecule has 0 N–H and O–H groups in total. The molecule has 1 rings (SSSR count). The first kappa shape index (κ1) is 14.6. The molecule has 0 heterocycles. The molecule has 92 valence electrons. The standard InChI is InChI=1S/C12H12BrIO3/c1-3-17-12(16)9-5-4-8(6-10(9)14)11(15)7(2)13/h4-7H,3H2,1-2H3. The van der Waals surface area contributed by atoms with Gasteiger partial charge in [0.05, 0.1) is 17.0 Å². The Hall–Kier alpha value is -0.430.